The number of cyclic esters (lactones) is 1. The minimum absolute atomic E-state index is 0.102. The minimum atomic E-state index is -1.42. The first kappa shape index (κ1) is 33.2. The van der Waals surface area contributed by atoms with E-state index in [9.17, 15) is 24.9 Å². The maximum absolute atomic E-state index is 12.9. The highest BCUT2D eigenvalue weighted by Crippen LogP contribution is 2.36. The van der Waals surface area contributed by atoms with Crippen molar-refractivity contribution in [2.45, 2.75) is 123 Å². The van der Waals surface area contributed by atoms with E-state index in [2.05, 4.69) is 13.0 Å². The van der Waals surface area contributed by atoms with Crippen LogP contribution < -0.4 is 0 Å². The third-order valence-corrected chi connectivity index (χ3v) is 8.13. The lowest BCUT2D eigenvalue weighted by Crippen LogP contribution is -2.43. The van der Waals surface area contributed by atoms with Gasteiger partial charge in [0.25, 0.3) is 0 Å². The Morgan fingerprint density at radius 1 is 1.26 bits per heavy atom. The molecule has 0 aromatic heterocycles. The summed E-state index contributed by atoms with van der Waals surface area (Å²) in [7, 11) is 0. The zero-order valence-electron chi connectivity index (χ0n) is 24.9. The third-order valence-electron chi connectivity index (χ3n) is 8.13. The van der Waals surface area contributed by atoms with Crippen LogP contribution in [0.1, 0.15) is 81.1 Å². The van der Waals surface area contributed by atoms with Gasteiger partial charge in [0, 0.05) is 18.8 Å². The Morgan fingerprint density at radius 2 is 1.92 bits per heavy atom. The molecular weight excluding hydrogens is 500 g/mol. The largest absolute Gasteiger partial charge is 0.457 e. The first-order chi connectivity index (χ1) is 18.2. The van der Waals surface area contributed by atoms with Crippen LogP contribution in [0.2, 0.25) is 0 Å². The van der Waals surface area contributed by atoms with E-state index >= 15 is 0 Å². The van der Waals surface area contributed by atoms with E-state index < -0.39 is 41.8 Å². The number of rotatable bonds is 9. The summed E-state index contributed by atoms with van der Waals surface area (Å²) < 4.78 is 17.1. The average molecular weight is 551 g/mol. The molecule has 2 aliphatic rings. The van der Waals surface area contributed by atoms with Gasteiger partial charge in [-0.25, -0.2) is 0 Å². The van der Waals surface area contributed by atoms with Gasteiger partial charge in [-0.2, -0.15) is 0 Å². The van der Waals surface area contributed by atoms with E-state index in [0.29, 0.717) is 6.42 Å². The third kappa shape index (κ3) is 9.85. The standard InChI is InChI=1S/C31H50O8/c1-9-24(33)21(5)29-26(38-29)17-18(2)11-10-12-19(3)28-20(4)13-14-27(37-23(7)32)31(8,36)16-15-25(34)22(6)30(35)39-28/h10-14,18,20-22,24-29,33-34,36H,9,15-17H2,1-8H3/b11-10+,14-13+,19-12+/t18-,20+,21+,22+,24-,25+,26+,27-,28-,29+,31+/m0/s1. The van der Waals surface area contributed by atoms with Gasteiger partial charge >= 0.3 is 11.9 Å². The van der Waals surface area contributed by atoms with Crippen LogP contribution in [0.5, 0.6) is 0 Å². The molecule has 0 bridgehead atoms. The molecule has 0 amide bonds. The van der Waals surface area contributed by atoms with Crippen molar-refractivity contribution in [3.63, 3.8) is 0 Å². The highest BCUT2D eigenvalue weighted by molar-refractivity contribution is 5.73. The van der Waals surface area contributed by atoms with E-state index in [1.807, 2.05) is 39.8 Å². The number of allylic oxidation sites excluding steroid dienone is 3. The molecule has 0 unspecified atom stereocenters. The van der Waals surface area contributed by atoms with Crippen molar-refractivity contribution in [1.82, 2.24) is 0 Å². The van der Waals surface area contributed by atoms with Crippen LogP contribution >= 0.6 is 0 Å². The number of epoxide rings is 1. The number of ether oxygens (including phenoxy) is 3. The number of carbonyl (C=O) groups excluding carboxylic acids is 2. The Labute approximate surface area is 234 Å². The first-order valence-electron chi connectivity index (χ1n) is 14.3. The zero-order chi connectivity index (χ0) is 29.5. The van der Waals surface area contributed by atoms with Crippen LogP contribution in [0.25, 0.3) is 0 Å². The van der Waals surface area contributed by atoms with Crippen molar-refractivity contribution in [3.8, 4) is 0 Å². The van der Waals surface area contributed by atoms with Crippen LogP contribution in [0.15, 0.2) is 36.0 Å². The monoisotopic (exact) mass is 550 g/mol. The summed E-state index contributed by atoms with van der Waals surface area (Å²) in [5, 5.41) is 31.7. The smallest absolute Gasteiger partial charge is 0.311 e. The van der Waals surface area contributed by atoms with Crippen molar-refractivity contribution in [2.24, 2.45) is 23.7 Å². The van der Waals surface area contributed by atoms with Crippen LogP contribution in [-0.2, 0) is 23.8 Å². The SMILES string of the molecule is CC[C@H](O)[C@@H](C)[C@H]1O[C@@H]1C[C@@H](C)/C=C/C=C(\C)[C@@H]1OC(=O)[C@H](C)[C@H](O)CC[C@@](C)(O)[C@@H](OC(C)=O)/C=C/[C@H]1C. The topological polar surface area (TPSA) is 126 Å². The molecule has 0 spiro atoms. The van der Waals surface area contributed by atoms with Crippen LogP contribution in [0, 0.1) is 23.7 Å². The fourth-order valence-corrected chi connectivity index (χ4v) is 5.10. The lowest BCUT2D eigenvalue weighted by molar-refractivity contribution is -0.159. The number of hydrogen-bond acceptors (Lipinski definition) is 8. The summed E-state index contributed by atoms with van der Waals surface area (Å²) >= 11 is 0. The summed E-state index contributed by atoms with van der Waals surface area (Å²) in [6.07, 6.45) is 8.62. The van der Waals surface area contributed by atoms with Gasteiger partial charge in [0.1, 0.15) is 17.8 Å². The average Bonchev–Trinajstić information content (AvgIpc) is 3.64. The molecule has 2 rings (SSSR count). The van der Waals surface area contributed by atoms with Crippen molar-refractivity contribution in [2.75, 3.05) is 0 Å². The van der Waals surface area contributed by atoms with E-state index in [1.54, 1.807) is 26.0 Å². The van der Waals surface area contributed by atoms with Gasteiger partial charge in [0.05, 0.1) is 30.3 Å². The van der Waals surface area contributed by atoms with E-state index in [0.717, 1.165) is 12.0 Å². The maximum atomic E-state index is 12.9. The fourth-order valence-electron chi connectivity index (χ4n) is 5.10. The molecule has 11 atom stereocenters. The van der Waals surface area contributed by atoms with Crippen molar-refractivity contribution in [3.05, 3.63) is 36.0 Å². The lowest BCUT2D eigenvalue weighted by Gasteiger charge is -2.33. The Morgan fingerprint density at radius 3 is 2.54 bits per heavy atom. The van der Waals surface area contributed by atoms with Crippen molar-refractivity contribution < 1.29 is 39.1 Å². The second kappa shape index (κ2) is 14.6. The summed E-state index contributed by atoms with van der Waals surface area (Å²) in [5.41, 5.74) is -0.597. The number of carbonyl (C=O) groups is 2. The van der Waals surface area contributed by atoms with Gasteiger partial charge < -0.3 is 29.5 Å². The zero-order valence-corrected chi connectivity index (χ0v) is 24.9. The Kier molecular flexibility index (Phi) is 12.4. The van der Waals surface area contributed by atoms with E-state index in [4.69, 9.17) is 14.2 Å². The van der Waals surface area contributed by atoms with E-state index in [-0.39, 0.29) is 48.9 Å². The molecule has 0 aromatic rings. The number of esters is 2. The number of aliphatic hydroxyl groups excluding tert-OH is 2. The predicted molar refractivity (Wildman–Crippen MR) is 150 cm³/mol. The fraction of sp³-hybridized carbons (Fsp3) is 0.742. The molecule has 1 fully saturated rings. The van der Waals surface area contributed by atoms with Crippen LogP contribution in [0.4, 0.5) is 0 Å². The van der Waals surface area contributed by atoms with Gasteiger partial charge in [-0.15, -0.1) is 0 Å². The molecule has 2 heterocycles. The lowest BCUT2D eigenvalue weighted by atomic mass is 9.87. The number of aliphatic hydroxyl groups is 3. The van der Waals surface area contributed by atoms with Crippen molar-refractivity contribution >= 4 is 11.9 Å². The quantitative estimate of drug-likeness (QED) is 0.168. The number of hydrogen-bond donors (Lipinski definition) is 3. The molecule has 8 heteroatoms. The van der Waals surface area contributed by atoms with Gasteiger partial charge in [-0.3, -0.25) is 9.59 Å². The molecule has 8 nitrogen and oxygen atoms in total. The molecule has 222 valence electrons. The Bertz CT molecular complexity index is 906. The second-order valence-corrected chi connectivity index (χ2v) is 11.9. The molecule has 0 radical (unpaired) electrons. The van der Waals surface area contributed by atoms with Gasteiger partial charge in [-0.1, -0.05) is 52.0 Å². The van der Waals surface area contributed by atoms with Crippen molar-refractivity contribution in [1.29, 1.82) is 0 Å². The molecule has 0 aromatic carbocycles. The molecule has 1 saturated heterocycles. The molecule has 3 N–H and O–H groups in total. The molecule has 2 aliphatic heterocycles. The summed E-state index contributed by atoms with van der Waals surface area (Å²) in [6.45, 7) is 14.4. The summed E-state index contributed by atoms with van der Waals surface area (Å²) in [4.78, 5) is 24.6. The van der Waals surface area contributed by atoms with Crippen LogP contribution in [0.3, 0.4) is 0 Å². The highest BCUT2D eigenvalue weighted by atomic mass is 16.6. The van der Waals surface area contributed by atoms with Gasteiger partial charge in [0.2, 0.25) is 0 Å². The van der Waals surface area contributed by atoms with E-state index in [1.165, 1.54) is 6.92 Å². The Hall–Kier alpha value is -2.00. The second-order valence-electron chi connectivity index (χ2n) is 11.9. The predicted octanol–water partition coefficient (Wildman–Crippen LogP) is 4.27. The maximum Gasteiger partial charge on any atom is 0.311 e. The summed E-state index contributed by atoms with van der Waals surface area (Å²) in [6, 6.07) is 0. The van der Waals surface area contributed by atoms with Gasteiger partial charge in [-0.05, 0) is 64.0 Å². The normalized spacial score (nSPS) is 37.7. The van der Waals surface area contributed by atoms with Gasteiger partial charge in [0.15, 0.2) is 0 Å². The molecule has 39 heavy (non-hydrogen) atoms. The highest BCUT2D eigenvalue weighted by Gasteiger charge is 2.45. The molecule has 0 aliphatic carbocycles. The molecular formula is C31H50O8. The minimum Gasteiger partial charge on any atom is -0.457 e. The molecule has 0 saturated carbocycles. The Balaban J connectivity index is 2.17. The first-order valence-corrected chi connectivity index (χ1v) is 14.3. The van der Waals surface area contributed by atoms with Crippen LogP contribution in [-0.4, -0.2) is 69.5 Å². The summed E-state index contributed by atoms with van der Waals surface area (Å²) in [5.74, 6) is -1.72.